The topological polar surface area (TPSA) is 38.8 Å². The van der Waals surface area contributed by atoms with Gasteiger partial charge in [-0.2, -0.15) is 0 Å². The maximum absolute atomic E-state index is 12.7. The van der Waals surface area contributed by atoms with E-state index in [1.807, 2.05) is 31.2 Å². The molecule has 0 fully saturated rings. The van der Waals surface area contributed by atoms with Gasteiger partial charge in [0.25, 0.3) is 5.91 Å². The van der Waals surface area contributed by atoms with Crippen LogP contribution in [-0.2, 0) is 0 Å². The number of ether oxygens (including phenoxy) is 2. The van der Waals surface area contributed by atoms with Crippen molar-refractivity contribution < 1.29 is 14.3 Å². The average Bonchev–Trinajstić information content (AvgIpc) is 2.59. The predicted molar refractivity (Wildman–Crippen MR) is 91.5 cm³/mol. The molecular formula is C18H20ClNO3. The fraction of sp³-hybridized carbons (Fsp3) is 0.278. The van der Waals surface area contributed by atoms with E-state index >= 15 is 0 Å². The Morgan fingerprint density at radius 2 is 1.65 bits per heavy atom. The standard InChI is InChI=1S/C18H20ClNO3/c1-12(13-5-8-15(19)9-6-13)20(2)18(21)14-7-10-16(22-3)17(11-14)23-4/h5-12H,1-4H3/t12-/m1/s1. The summed E-state index contributed by atoms with van der Waals surface area (Å²) in [6.45, 7) is 1.97. The quantitative estimate of drug-likeness (QED) is 0.823. The van der Waals surface area contributed by atoms with Gasteiger partial charge in [-0.25, -0.2) is 0 Å². The SMILES string of the molecule is COc1ccc(C(=O)N(C)[C@H](C)c2ccc(Cl)cc2)cc1OC. The molecule has 122 valence electrons. The van der Waals surface area contributed by atoms with Crippen molar-refractivity contribution >= 4 is 17.5 Å². The first-order valence-corrected chi connectivity index (χ1v) is 7.60. The molecule has 4 nitrogen and oxygen atoms in total. The molecule has 2 rings (SSSR count). The third-order valence-electron chi connectivity index (χ3n) is 3.88. The molecule has 0 unspecified atom stereocenters. The molecule has 0 saturated carbocycles. The lowest BCUT2D eigenvalue weighted by Gasteiger charge is -2.25. The van der Waals surface area contributed by atoms with Crippen LogP contribution in [0.5, 0.6) is 11.5 Å². The highest BCUT2D eigenvalue weighted by atomic mass is 35.5. The first-order valence-electron chi connectivity index (χ1n) is 7.22. The Labute approximate surface area is 141 Å². The fourth-order valence-electron chi connectivity index (χ4n) is 2.31. The zero-order chi connectivity index (χ0) is 17.0. The molecule has 1 amide bonds. The van der Waals surface area contributed by atoms with Gasteiger partial charge in [0, 0.05) is 17.6 Å². The van der Waals surface area contributed by atoms with E-state index in [4.69, 9.17) is 21.1 Å². The van der Waals surface area contributed by atoms with Crippen LogP contribution in [0.2, 0.25) is 5.02 Å². The van der Waals surface area contributed by atoms with Crippen LogP contribution >= 0.6 is 11.6 Å². The van der Waals surface area contributed by atoms with Gasteiger partial charge < -0.3 is 14.4 Å². The van der Waals surface area contributed by atoms with E-state index in [-0.39, 0.29) is 11.9 Å². The van der Waals surface area contributed by atoms with Gasteiger partial charge in [-0.1, -0.05) is 23.7 Å². The molecule has 0 N–H and O–H groups in total. The maximum atomic E-state index is 12.7. The summed E-state index contributed by atoms with van der Waals surface area (Å²) < 4.78 is 10.5. The molecule has 0 aliphatic rings. The number of methoxy groups -OCH3 is 2. The lowest BCUT2D eigenvalue weighted by molar-refractivity contribution is 0.0742. The third-order valence-corrected chi connectivity index (χ3v) is 4.14. The molecule has 0 aromatic heterocycles. The van der Waals surface area contributed by atoms with Gasteiger partial charge in [-0.05, 0) is 42.8 Å². The highest BCUT2D eigenvalue weighted by Crippen LogP contribution is 2.29. The monoisotopic (exact) mass is 333 g/mol. The molecule has 0 saturated heterocycles. The van der Waals surface area contributed by atoms with Crippen molar-refractivity contribution in [2.24, 2.45) is 0 Å². The molecular weight excluding hydrogens is 314 g/mol. The Balaban J connectivity index is 2.23. The van der Waals surface area contributed by atoms with Crippen LogP contribution in [0.15, 0.2) is 42.5 Å². The van der Waals surface area contributed by atoms with Crippen LogP contribution in [0.25, 0.3) is 0 Å². The van der Waals surface area contributed by atoms with Crippen LogP contribution < -0.4 is 9.47 Å². The van der Waals surface area contributed by atoms with Crippen LogP contribution in [0, 0.1) is 0 Å². The number of amides is 1. The average molecular weight is 334 g/mol. The molecule has 0 radical (unpaired) electrons. The van der Waals surface area contributed by atoms with Crippen LogP contribution in [-0.4, -0.2) is 32.1 Å². The van der Waals surface area contributed by atoms with Gasteiger partial charge in [-0.15, -0.1) is 0 Å². The Morgan fingerprint density at radius 3 is 2.22 bits per heavy atom. The van der Waals surface area contributed by atoms with Gasteiger partial charge in [0.2, 0.25) is 0 Å². The van der Waals surface area contributed by atoms with Crippen LogP contribution in [0.4, 0.5) is 0 Å². The Hall–Kier alpha value is -2.20. The van der Waals surface area contributed by atoms with Crippen molar-refractivity contribution in [1.82, 2.24) is 4.90 Å². The minimum absolute atomic E-state index is 0.0761. The van der Waals surface area contributed by atoms with Crippen molar-refractivity contribution in [3.05, 3.63) is 58.6 Å². The summed E-state index contributed by atoms with van der Waals surface area (Å²) in [6.07, 6.45) is 0. The second kappa shape index (κ2) is 7.38. The molecule has 2 aromatic rings. The number of hydrogen-bond donors (Lipinski definition) is 0. The number of nitrogens with zero attached hydrogens (tertiary/aromatic N) is 1. The fourth-order valence-corrected chi connectivity index (χ4v) is 2.44. The van der Waals surface area contributed by atoms with E-state index in [1.54, 1.807) is 44.4 Å². The molecule has 1 atom stereocenters. The second-order valence-electron chi connectivity index (χ2n) is 5.21. The summed E-state index contributed by atoms with van der Waals surface area (Å²) >= 11 is 5.91. The lowest BCUT2D eigenvalue weighted by atomic mass is 10.1. The van der Waals surface area contributed by atoms with E-state index in [2.05, 4.69) is 0 Å². The van der Waals surface area contributed by atoms with Crippen LogP contribution in [0.1, 0.15) is 28.9 Å². The first kappa shape index (κ1) is 17.2. The maximum Gasteiger partial charge on any atom is 0.254 e. The molecule has 0 spiro atoms. The summed E-state index contributed by atoms with van der Waals surface area (Å²) in [5.74, 6) is 1.04. The summed E-state index contributed by atoms with van der Waals surface area (Å²) in [7, 11) is 4.89. The highest BCUT2D eigenvalue weighted by molar-refractivity contribution is 6.30. The van der Waals surface area contributed by atoms with Crippen molar-refractivity contribution in [3.63, 3.8) is 0 Å². The zero-order valence-electron chi connectivity index (χ0n) is 13.7. The van der Waals surface area contributed by atoms with Gasteiger partial charge in [0.05, 0.1) is 20.3 Å². The number of benzene rings is 2. The smallest absolute Gasteiger partial charge is 0.254 e. The van der Waals surface area contributed by atoms with Crippen LogP contribution in [0.3, 0.4) is 0 Å². The minimum Gasteiger partial charge on any atom is -0.493 e. The highest BCUT2D eigenvalue weighted by Gasteiger charge is 2.20. The predicted octanol–water partition coefficient (Wildman–Crippen LogP) is 4.19. The lowest BCUT2D eigenvalue weighted by Crippen LogP contribution is -2.29. The van der Waals surface area contributed by atoms with Gasteiger partial charge in [-0.3, -0.25) is 4.79 Å². The first-order chi connectivity index (χ1) is 11.0. The Kier molecular flexibility index (Phi) is 5.50. The summed E-state index contributed by atoms with van der Waals surface area (Å²) in [5.41, 5.74) is 1.57. The van der Waals surface area contributed by atoms with Crippen molar-refractivity contribution in [2.45, 2.75) is 13.0 Å². The largest absolute Gasteiger partial charge is 0.493 e. The van der Waals surface area contributed by atoms with Gasteiger partial charge in [0.15, 0.2) is 11.5 Å². The van der Waals surface area contributed by atoms with Gasteiger partial charge >= 0.3 is 0 Å². The van der Waals surface area contributed by atoms with Crippen molar-refractivity contribution in [2.75, 3.05) is 21.3 Å². The summed E-state index contributed by atoms with van der Waals surface area (Å²) in [4.78, 5) is 14.4. The number of halogens is 1. The zero-order valence-corrected chi connectivity index (χ0v) is 14.4. The number of carbonyl (C=O) groups excluding carboxylic acids is 1. The van der Waals surface area contributed by atoms with E-state index in [9.17, 15) is 4.79 Å². The van der Waals surface area contributed by atoms with Crippen molar-refractivity contribution in [1.29, 1.82) is 0 Å². The second-order valence-corrected chi connectivity index (χ2v) is 5.65. The number of hydrogen-bond acceptors (Lipinski definition) is 3. The van der Waals surface area contributed by atoms with Crippen molar-refractivity contribution in [3.8, 4) is 11.5 Å². The number of carbonyl (C=O) groups is 1. The Bertz CT molecular complexity index is 685. The molecule has 2 aromatic carbocycles. The van der Waals surface area contributed by atoms with Gasteiger partial charge in [0.1, 0.15) is 0 Å². The third kappa shape index (κ3) is 3.77. The summed E-state index contributed by atoms with van der Waals surface area (Å²) in [6, 6.07) is 12.6. The van der Waals surface area contributed by atoms with E-state index in [1.165, 1.54) is 0 Å². The molecule has 5 heteroatoms. The minimum atomic E-state index is -0.0894. The molecule has 0 bridgehead atoms. The summed E-state index contributed by atoms with van der Waals surface area (Å²) in [5, 5.41) is 0.676. The number of rotatable bonds is 5. The molecule has 0 aliphatic carbocycles. The molecule has 0 aliphatic heterocycles. The molecule has 0 heterocycles. The van der Waals surface area contributed by atoms with E-state index in [0.717, 1.165) is 5.56 Å². The molecule has 23 heavy (non-hydrogen) atoms. The van der Waals surface area contributed by atoms with E-state index < -0.39 is 0 Å². The Morgan fingerprint density at radius 1 is 1.04 bits per heavy atom. The normalized spacial score (nSPS) is 11.7. The van der Waals surface area contributed by atoms with E-state index in [0.29, 0.717) is 22.1 Å².